The van der Waals surface area contributed by atoms with E-state index in [1.165, 1.54) is 4.31 Å². The largest absolute Gasteiger partial charge is 0.365 e. The minimum Gasteiger partial charge on any atom is -0.365 e. The van der Waals surface area contributed by atoms with Gasteiger partial charge in [-0.25, -0.2) is 5.14 Å². The van der Waals surface area contributed by atoms with E-state index in [1.54, 1.807) is 24.5 Å². The van der Waals surface area contributed by atoms with E-state index in [0.717, 1.165) is 22.4 Å². The van der Waals surface area contributed by atoms with Crippen molar-refractivity contribution in [2.24, 2.45) is 5.14 Å². The van der Waals surface area contributed by atoms with Crippen molar-refractivity contribution in [3.63, 3.8) is 0 Å². The molecule has 0 unspecified atom stereocenters. The number of pyridine rings is 1. The maximum atomic E-state index is 12.6. The second-order valence-corrected chi connectivity index (χ2v) is 9.13. The van der Waals surface area contributed by atoms with Crippen LogP contribution in [0.4, 0.5) is 5.69 Å². The molecule has 7 nitrogen and oxygen atoms in total. The number of hydrogen-bond acceptors (Lipinski definition) is 5. The molecule has 0 saturated carbocycles. The molecule has 2 heterocycles. The summed E-state index contributed by atoms with van der Waals surface area (Å²) in [4.78, 5) is 6.35. The maximum absolute atomic E-state index is 12.6. The molecule has 3 aromatic rings. The van der Waals surface area contributed by atoms with E-state index in [0.29, 0.717) is 25.1 Å². The third kappa shape index (κ3) is 4.91. The quantitative estimate of drug-likeness (QED) is 0.666. The smallest absolute Gasteiger partial charge is 0.277 e. The number of nitrogens with zero attached hydrogens (tertiary/aromatic N) is 4. The molecule has 1 atom stereocenters. The average molecular weight is 434 g/mol. The highest BCUT2D eigenvalue weighted by atomic mass is 32.2. The van der Waals surface area contributed by atoms with Crippen LogP contribution in [0.5, 0.6) is 0 Å². The van der Waals surface area contributed by atoms with Gasteiger partial charge in [0, 0.05) is 43.8 Å². The number of benzene rings is 2. The fraction of sp³-hybridized carbons (Fsp3) is 0.217. The van der Waals surface area contributed by atoms with Crippen molar-refractivity contribution in [2.45, 2.75) is 25.6 Å². The van der Waals surface area contributed by atoms with Crippen LogP contribution < -0.4 is 10.0 Å². The summed E-state index contributed by atoms with van der Waals surface area (Å²) in [6, 6.07) is 20.8. The molecule has 4 rings (SSSR count). The van der Waals surface area contributed by atoms with Crippen LogP contribution in [0.2, 0.25) is 0 Å². The lowest BCUT2D eigenvalue weighted by Gasteiger charge is -2.31. The molecule has 0 amide bonds. The molecule has 0 saturated heterocycles. The zero-order valence-corrected chi connectivity index (χ0v) is 17.7. The Labute approximate surface area is 182 Å². The highest BCUT2D eigenvalue weighted by Gasteiger charge is 2.34. The monoisotopic (exact) mass is 433 g/mol. The van der Waals surface area contributed by atoms with Gasteiger partial charge in [0.05, 0.1) is 11.6 Å². The van der Waals surface area contributed by atoms with E-state index in [1.807, 2.05) is 48.5 Å². The molecule has 1 aliphatic heterocycles. The minimum atomic E-state index is -3.97. The van der Waals surface area contributed by atoms with Crippen LogP contribution in [0.15, 0.2) is 73.1 Å². The Bertz CT molecular complexity index is 1190. The Morgan fingerprint density at radius 2 is 1.87 bits per heavy atom. The predicted octanol–water partition coefficient (Wildman–Crippen LogP) is 2.59. The van der Waals surface area contributed by atoms with E-state index in [-0.39, 0.29) is 12.6 Å². The van der Waals surface area contributed by atoms with Crippen molar-refractivity contribution >= 4 is 15.9 Å². The lowest BCUT2D eigenvalue weighted by molar-refractivity contribution is 0.318. The Kier molecular flexibility index (Phi) is 6.00. The molecule has 8 heteroatoms. The third-order valence-electron chi connectivity index (χ3n) is 5.45. The van der Waals surface area contributed by atoms with Gasteiger partial charge in [0.2, 0.25) is 0 Å². The van der Waals surface area contributed by atoms with Gasteiger partial charge in [-0.15, -0.1) is 0 Å². The molecule has 31 heavy (non-hydrogen) atoms. The number of fused-ring (bicyclic) bond motifs is 1. The molecular formula is C23H23N5O2S. The first-order valence-corrected chi connectivity index (χ1v) is 11.4. The van der Waals surface area contributed by atoms with Crippen molar-refractivity contribution in [1.29, 1.82) is 5.26 Å². The normalized spacial score (nSPS) is 16.9. The standard InChI is InChI=1S/C23H23N5O2S/c24-13-19-8-9-23-21(11-19)16-28(31(25,29)30)22(12-18-5-2-1-3-6-18)17-27(23)15-20-7-4-10-26-14-20/h1-11,14,22H,12,15-17H2,(H2,25,29,30)/t22-/m1/s1. The fourth-order valence-electron chi connectivity index (χ4n) is 4.04. The van der Waals surface area contributed by atoms with Gasteiger partial charge in [-0.2, -0.15) is 18.0 Å². The molecule has 0 spiro atoms. The second kappa shape index (κ2) is 8.86. The van der Waals surface area contributed by atoms with Gasteiger partial charge >= 0.3 is 0 Å². The summed E-state index contributed by atoms with van der Waals surface area (Å²) in [5.74, 6) is 0. The molecule has 0 bridgehead atoms. The van der Waals surface area contributed by atoms with Crippen LogP contribution in [0.1, 0.15) is 22.3 Å². The van der Waals surface area contributed by atoms with Crippen LogP contribution in [0, 0.1) is 11.3 Å². The Morgan fingerprint density at radius 3 is 2.55 bits per heavy atom. The van der Waals surface area contributed by atoms with Gasteiger partial charge in [0.15, 0.2) is 0 Å². The Balaban J connectivity index is 1.78. The summed E-state index contributed by atoms with van der Waals surface area (Å²) in [6.07, 6.45) is 4.05. The summed E-state index contributed by atoms with van der Waals surface area (Å²) < 4.78 is 26.5. The van der Waals surface area contributed by atoms with Crippen molar-refractivity contribution in [2.75, 3.05) is 11.4 Å². The average Bonchev–Trinajstić information content (AvgIpc) is 2.91. The Hall–Kier alpha value is -3.25. The summed E-state index contributed by atoms with van der Waals surface area (Å²) in [7, 11) is -3.97. The number of aromatic nitrogens is 1. The molecule has 2 N–H and O–H groups in total. The van der Waals surface area contributed by atoms with Crippen LogP contribution >= 0.6 is 0 Å². The van der Waals surface area contributed by atoms with Crippen LogP contribution in [0.25, 0.3) is 0 Å². The van der Waals surface area contributed by atoms with Crippen molar-refractivity contribution in [3.8, 4) is 6.07 Å². The molecule has 158 valence electrons. The molecule has 2 aromatic carbocycles. The maximum Gasteiger partial charge on any atom is 0.277 e. The number of rotatable bonds is 5. The molecule has 0 aliphatic carbocycles. The van der Waals surface area contributed by atoms with E-state index in [9.17, 15) is 13.7 Å². The van der Waals surface area contributed by atoms with Crippen LogP contribution in [-0.4, -0.2) is 30.3 Å². The van der Waals surface area contributed by atoms with Crippen LogP contribution in [-0.2, 0) is 29.7 Å². The highest BCUT2D eigenvalue weighted by Crippen LogP contribution is 2.31. The topological polar surface area (TPSA) is 103 Å². The van der Waals surface area contributed by atoms with E-state index in [2.05, 4.69) is 16.0 Å². The number of nitriles is 1. The first-order chi connectivity index (χ1) is 14.9. The minimum absolute atomic E-state index is 0.116. The number of nitrogens with two attached hydrogens (primary N) is 1. The van der Waals surface area contributed by atoms with Gasteiger partial charge in [0.1, 0.15) is 0 Å². The molecule has 0 fully saturated rings. The molecule has 0 radical (unpaired) electrons. The molecule has 1 aromatic heterocycles. The second-order valence-electron chi connectivity index (χ2n) is 7.63. The van der Waals surface area contributed by atoms with Gasteiger partial charge in [-0.1, -0.05) is 36.4 Å². The van der Waals surface area contributed by atoms with Gasteiger partial charge in [0.25, 0.3) is 10.2 Å². The summed E-state index contributed by atoms with van der Waals surface area (Å²) >= 11 is 0. The number of hydrogen-bond donors (Lipinski definition) is 1. The third-order valence-corrected chi connectivity index (χ3v) is 6.53. The van der Waals surface area contributed by atoms with E-state index >= 15 is 0 Å². The SMILES string of the molecule is N#Cc1ccc2c(c1)CN(S(N)(=O)=O)[C@H](Cc1ccccc1)CN2Cc1cccnc1. The van der Waals surface area contributed by atoms with Crippen molar-refractivity contribution in [1.82, 2.24) is 9.29 Å². The van der Waals surface area contributed by atoms with Crippen LogP contribution in [0.3, 0.4) is 0 Å². The predicted molar refractivity (Wildman–Crippen MR) is 119 cm³/mol. The fourth-order valence-corrected chi connectivity index (χ4v) is 4.92. The first kappa shape index (κ1) is 21.0. The summed E-state index contributed by atoms with van der Waals surface area (Å²) in [5, 5.41) is 15.0. The van der Waals surface area contributed by atoms with Gasteiger partial charge in [-0.3, -0.25) is 4.98 Å². The zero-order valence-electron chi connectivity index (χ0n) is 16.9. The summed E-state index contributed by atoms with van der Waals surface area (Å²) in [6.45, 7) is 1.14. The van der Waals surface area contributed by atoms with Crippen molar-refractivity contribution in [3.05, 3.63) is 95.3 Å². The molecule has 1 aliphatic rings. The van der Waals surface area contributed by atoms with Gasteiger partial charge < -0.3 is 4.90 Å². The van der Waals surface area contributed by atoms with E-state index < -0.39 is 10.2 Å². The van der Waals surface area contributed by atoms with Crippen molar-refractivity contribution < 1.29 is 8.42 Å². The first-order valence-electron chi connectivity index (χ1n) is 9.94. The Morgan fingerprint density at radius 1 is 1.10 bits per heavy atom. The highest BCUT2D eigenvalue weighted by molar-refractivity contribution is 7.86. The number of anilines is 1. The lowest BCUT2D eigenvalue weighted by atomic mass is 10.1. The molecular weight excluding hydrogens is 410 g/mol. The summed E-state index contributed by atoms with van der Waals surface area (Å²) in [5.41, 5.74) is 4.18. The van der Waals surface area contributed by atoms with Gasteiger partial charge in [-0.05, 0) is 47.4 Å². The zero-order chi connectivity index (χ0) is 21.8. The van der Waals surface area contributed by atoms with E-state index in [4.69, 9.17) is 5.14 Å². The lowest BCUT2D eigenvalue weighted by Crippen LogP contribution is -2.48.